The standard InChI is InChI=1S/C10H16O/c1-4-8-7-9(11)5-6-10(8,2)3/h4-6,8-9,11H,1,7H2,2-3H3. The van der Waals surface area contributed by atoms with E-state index >= 15 is 0 Å². The Labute approximate surface area is 68.4 Å². The van der Waals surface area contributed by atoms with Gasteiger partial charge in [0.15, 0.2) is 0 Å². The van der Waals surface area contributed by atoms with Crippen LogP contribution in [-0.2, 0) is 0 Å². The minimum Gasteiger partial charge on any atom is -0.389 e. The van der Waals surface area contributed by atoms with Crippen molar-refractivity contribution in [3.05, 3.63) is 24.8 Å². The van der Waals surface area contributed by atoms with Crippen LogP contribution in [0.5, 0.6) is 0 Å². The van der Waals surface area contributed by atoms with Gasteiger partial charge in [-0.05, 0) is 17.8 Å². The van der Waals surface area contributed by atoms with Crippen molar-refractivity contribution in [3.63, 3.8) is 0 Å². The zero-order chi connectivity index (χ0) is 8.48. The lowest BCUT2D eigenvalue weighted by Gasteiger charge is -2.34. The number of allylic oxidation sites excluding steroid dienone is 2. The fraction of sp³-hybridized carbons (Fsp3) is 0.600. The van der Waals surface area contributed by atoms with Crippen molar-refractivity contribution in [1.82, 2.24) is 0 Å². The maximum absolute atomic E-state index is 9.31. The zero-order valence-electron chi connectivity index (χ0n) is 7.25. The summed E-state index contributed by atoms with van der Waals surface area (Å²) in [6.07, 6.45) is 6.43. The minimum absolute atomic E-state index is 0.168. The van der Waals surface area contributed by atoms with Crippen LogP contribution in [-0.4, -0.2) is 11.2 Å². The molecule has 2 atom stereocenters. The molecule has 0 saturated carbocycles. The van der Waals surface area contributed by atoms with Crippen LogP contribution >= 0.6 is 0 Å². The molecule has 2 unspecified atom stereocenters. The van der Waals surface area contributed by atoms with Gasteiger partial charge in [-0.25, -0.2) is 0 Å². The monoisotopic (exact) mass is 152 g/mol. The van der Waals surface area contributed by atoms with Crippen molar-refractivity contribution < 1.29 is 5.11 Å². The number of hydrogen-bond acceptors (Lipinski definition) is 1. The molecule has 0 bridgehead atoms. The molecule has 0 fully saturated rings. The molecule has 0 aromatic carbocycles. The van der Waals surface area contributed by atoms with Crippen LogP contribution < -0.4 is 0 Å². The summed E-state index contributed by atoms with van der Waals surface area (Å²) in [5.41, 5.74) is 0.168. The fourth-order valence-electron chi connectivity index (χ4n) is 1.53. The third-order valence-corrected chi connectivity index (χ3v) is 2.48. The van der Waals surface area contributed by atoms with E-state index in [2.05, 4.69) is 26.5 Å². The van der Waals surface area contributed by atoms with Crippen molar-refractivity contribution in [2.45, 2.75) is 26.4 Å². The third kappa shape index (κ3) is 1.72. The molecule has 1 aliphatic rings. The molecule has 1 nitrogen and oxygen atoms in total. The number of rotatable bonds is 1. The predicted octanol–water partition coefficient (Wildman–Crippen LogP) is 2.14. The molecule has 0 amide bonds. The Morgan fingerprint density at radius 2 is 2.27 bits per heavy atom. The normalized spacial score (nSPS) is 35.2. The van der Waals surface area contributed by atoms with Crippen LogP contribution in [0, 0.1) is 11.3 Å². The second-order valence-corrected chi connectivity index (χ2v) is 3.83. The SMILES string of the molecule is C=CC1CC(O)C=CC1(C)C. The Bertz CT molecular complexity index is 179. The maximum atomic E-state index is 9.31. The minimum atomic E-state index is -0.272. The van der Waals surface area contributed by atoms with Gasteiger partial charge in [0.05, 0.1) is 6.10 Å². The van der Waals surface area contributed by atoms with Crippen LogP contribution in [0.1, 0.15) is 20.3 Å². The van der Waals surface area contributed by atoms with E-state index in [1.165, 1.54) is 0 Å². The average Bonchev–Trinajstić information content (AvgIpc) is 1.94. The molecular weight excluding hydrogens is 136 g/mol. The number of aliphatic hydroxyl groups excluding tert-OH is 1. The van der Waals surface area contributed by atoms with E-state index in [-0.39, 0.29) is 11.5 Å². The van der Waals surface area contributed by atoms with Crippen LogP contribution in [0.3, 0.4) is 0 Å². The lowest BCUT2D eigenvalue weighted by Crippen LogP contribution is -2.28. The molecule has 0 radical (unpaired) electrons. The Morgan fingerprint density at radius 1 is 1.64 bits per heavy atom. The van der Waals surface area contributed by atoms with Gasteiger partial charge in [0, 0.05) is 0 Å². The van der Waals surface area contributed by atoms with Gasteiger partial charge in [-0.3, -0.25) is 0 Å². The summed E-state index contributed by atoms with van der Waals surface area (Å²) in [6.45, 7) is 8.11. The van der Waals surface area contributed by atoms with E-state index in [1.54, 1.807) is 0 Å². The summed E-state index contributed by atoms with van der Waals surface area (Å²) in [5, 5.41) is 9.31. The molecule has 1 rings (SSSR count). The molecular formula is C10H16O. The summed E-state index contributed by atoms with van der Waals surface area (Å²) < 4.78 is 0. The molecule has 1 aliphatic carbocycles. The quantitative estimate of drug-likeness (QED) is 0.571. The Hall–Kier alpha value is -0.560. The van der Waals surface area contributed by atoms with Gasteiger partial charge in [-0.15, -0.1) is 6.58 Å². The average molecular weight is 152 g/mol. The first-order valence-corrected chi connectivity index (χ1v) is 4.06. The van der Waals surface area contributed by atoms with Crippen LogP contribution in [0.15, 0.2) is 24.8 Å². The molecule has 0 spiro atoms. The Balaban J connectivity index is 2.80. The lowest BCUT2D eigenvalue weighted by molar-refractivity contribution is 0.151. The highest BCUT2D eigenvalue weighted by Gasteiger charge is 2.29. The van der Waals surface area contributed by atoms with Gasteiger partial charge in [-0.2, -0.15) is 0 Å². The largest absolute Gasteiger partial charge is 0.389 e. The molecule has 62 valence electrons. The van der Waals surface area contributed by atoms with Gasteiger partial charge in [0.2, 0.25) is 0 Å². The van der Waals surface area contributed by atoms with E-state index in [0.717, 1.165) is 6.42 Å². The van der Waals surface area contributed by atoms with Gasteiger partial charge in [0.25, 0.3) is 0 Å². The van der Waals surface area contributed by atoms with Crippen molar-refractivity contribution in [2.24, 2.45) is 11.3 Å². The summed E-state index contributed by atoms with van der Waals surface area (Å²) >= 11 is 0. The highest BCUT2D eigenvalue weighted by molar-refractivity contribution is 5.10. The van der Waals surface area contributed by atoms with Crippen molar-refractivity contribution in [1.29, 1.82) is 0 Å². The van der Waals surface area contributed by atoms with Gasteiger partial charge >= 0.3 is 0 Å². The molecule has 0 heterocycles. The molecule has 0 saturated heterocycles. The maximum Gasteiger partial charge on any atom is 0.0727 e. The van der Waals surface area contributed by atoms with E-state index in [9.17, 15) is 5.11 Å². The van der Waals surface area contributed by atoms with E-state index < -0.39 is 0 Å². The number of aliphatic hydroxyl groups is 1. The first-order chi connectivity index (χ1) is 5.06. The number of hydrogen-bond donors (Lipinski definition) is 1. The Morgan fingerprint density at radius 3 is 2.73 bits per heavy atom. The molecule has 1 N–H and O–H groups in total. The summed E-state index contributed by atoms with van der Waals surface area (Å²) in [4.78, 5) is 0. The summed E-state index contributed by atoms with van der Waals surface area (Å²) in [6, 6.07) is 0. The molecule has 0 aromatic heterocycles. The molecule has 0 aromatic rings. The lowest BCUT2D eigenvalue weighted by atomic mass is 9.72. The van der Waals surface area contributed by atoms with Crippen molar-refractivity contribution in [2.75, 3.05) is 0 Å². The fourth-order valence-corrected chi connectivity index (χ4v) is 1.53. The summed E-state index contributed by atoms with van der Waals surface area (Å²) in [7, 11) is 0. The van der Waals surface area contributed by atoms with E-state index in [1.807, 2.05) is 12.2 Å². The molecule has 1 heteroatoms. The van der Waals surface area contributed by atoms with E-state index in [4.69, 9.17) is 0 Å². The predicted molar refractivity (Wildman–Crippen MR) is 47.2 cm³/mol. The van der Waals surface area contributed by atoms with Gasteiger partial charge in [0.1, 0.15) is 0 Å². The van der Waals surface area contributed by atoms with Crippen LogP contribution in [0.2, 0.25) is 0 Å². The van der Waals surface area contributed by atoms with Gasteiger partial charge < -0.3 is 5.11 Å². The molecule has 0 aliphatic heterocycles. The second-order valence-electron chi connectivity index (χ2n) is 3.83. The summed E-state index contributed by atoms with van der Waals surface area (Å²) in [5.74, 6) is 0.405. The highest BCUT2D eigenvalue weighted by Crippen LogP contribution is 2.36. The third-order valence-electron chi connectivity index (χ3n) is 2.48. The van der Waals surface area contributed by atoms with Gasteiger partial charge in [-0.1, -0.05) is 32.1 Å². The second kappa shape index (κ2) is 2.82. The van der Waals surface area contributed by atoms with Crippen LogP contribution in [0.25, 0.3) is 0 Å². The van der Waals surface area contributed by atoms with Crippen molar-refractivity contribution >= 4 is 0 Å². The first kappa shape index (κ1) is 8.54. The smallest absolute Gasteiger partial charge is 0.0727 e. The topological polar surface area (TPSA) is 20.2 Å². The van der Waals surface area contributed by atoms with Crippen molar-refractivity contribution in [3.8, 4) is 0 Å². The first-order valence-electron chi connectivity index (χ1n) is 4.06. The Kier molecular flexibility index (Phi) is 2.19. The molecule has 11 heavy (non-hydrogen) atoms. The highest BCUT2D eigenvalue weighted by atomic mass is 16.3. The zero-order valence-corrected chi connectivity index (χ0v) is 7.25. The van der Waals surface area contributed by atoms with E-state index in [0.29, 0.717) is 5.92 Å². The van der Waals surface area contributed by atoms with Crippen LogP contribution in [0.4, 0.5) is 0 Å².